The van der Waals surface area contributed by atoms with Crippen molar-refractivity contribution in [1.29, 1.82) is 0 Å². The van der Waals surface area contributed by atoms with Gasteiger partial charge in [0.1, 0.15) is 11.8 Å². The van der Waals surface area contributed by atoms with Crippen molar-refractivity contribution in [3.8, 4) is 11.6 Å². The molecule has 3 rings (SSSR count). The van der Waals surface area contributed by atoms with Crippen LogP contribution >= 0.6 is 0 Å². The van der Waals surface area contributed by atoms with E-state index in [1.165, 1.54) is 6.92 Å². The lowest BCUT2D eigenvalue weighted by atomic mass is 10.2. The summed E-state index contributed by atoms with van der Waals surface area (Å²) in [6.07, 6.45) is 1.01. The van der Waals surface area contributed by atoms with Crippen molar-refractivity contribution in [1.82, 2.24) is 4.98 Å². The van der Waals surface area contributed by atoms with Gasteiger partial charge in [-0.3, -0.25) is 9.10 Å². The molecule has 2 N–H and O–H groups in total. The summed E-state index contributed by atoms with van der Waals surface area (Å²) < 4.78 is 31.1. The highest BCUT2D eigenvalue weighted by Gasteiger charge is 2.29. The third kappa shape index (κ3) is 4.43. The zero-order valence-corrected chi connectivity index (χ0v) is 17.5. The number of sulfonamides is 1. The van der Waals surface area contributed by atoms with Crippen molar-refractivity contribution in [2.24, 2.45) is 10.2 Å². The highest BCUT2D eigenvalue weighted by molar-refractivity contribution is 7.92. The molecule has 9 nitrogen and oxygen atoms in total. The molecule has 0 unspecified atom stereocenters. The highest BCUT2D eigenvalue weighted by Crippen LogP contribution is 2.35. The van der Waals surface area contributed by atoms with Crippen molar-refractivity contribution < 1.29 is 23.1 Å². The molecule has 158 valence electrons. The number of para-hydroxylation sites is 1. The van der Waals surface area contributed by atoms with Gasteiger partial charge in [0.15, 0.2) is 5.69 Å². The van der Waals surface area contributed by atoms with Gasteiger partial charge in [0.05, 0.1) is 24.1 Å². The number of fused-ring (bicyclic) bond motifs is 1. The average molecular weight is 430 g/mol. The van der Waals surface area contributed by atoms with E-state index in [0.29, 0.717) is 28.9 Å². The van der Waals surface area contributed by atoms with Crippen LogP contribution in [0.1, 0.15) is 13.8 Å². The molecule has 10 heteroatoms. The maximum Gasteiger partial charge on any atom is 0.287 e. The number of amides is 1. The second kappa shape index (κ2) is 8.54. The second-order valence-electron chi connectivity index (χ2n) is 6.57. The van der Waals surface area contributed by atoms with Crippen LogP contribution in [0.25, 0.3) is 10.9 Å². The van der Waals surface area contributed by atoms with Crippen LogP contribution in [0.3, 0.4) is 0 Å². The Kier molecular flexibility index (Phi) is 6.06. The van der Waals surface area contributed by atoms with E-state index in [1.807, 2.05) is 6.92 Å². The lowest BCUT2D eigenvalue weighted by Crippen LogP contribution is -2.42. The van der Waals surface area contributed by atoms with Crippen molar-refractivity contribution in [2.45, 2.75) is 19.9 Å². The van der Waals surface area contributed by atoms with Crippen LogP contribution in [0.2, 0.25) is 0 Å². The number of ether oxygens (including phenoxy) is 1. The number of hydrogen-bond acceptors (Lipinski definition) is 6. The van der Waals surface area contributed by atoms with Crippen LogP contribution in [0, 0.1) is 0 Å². The molecule has 1 amide bonds. The number of carbonyl (C=O) groups is 1. The highest BCUT2D eigenvalue weighted by atomic mass is 32.2. The monoisotopic (exact) mass is 430 g/mol. The molecule has 1 heterocycles. The summed E-state index contributed by atoms with van der Waals surface area (Å²) in [7, 11) is -3.79. The summed E-state index contributed by atoms with van der Waals surface area (Å²) in [4.78, 5) is 15.4. The summed E-state index contributed by atoms with van der Waals surface area (Å²) in [6.45, 7) is 3.74. The molecule has 1 atom stereocenters. The minimum absolute atomic E-state index is 0.109. The maximum absolute atomic E-state index is 12.6. The van der Waals surface area contributed by atoms with E-state index >= 15 is 0 Å². The van der Waals surface area contributed by atoms with Gasteiger partial charge in [-0.25, -0.2) is 8.42 Å². The van der Waals surface area contributed by atoms with Crippen LogP contribution < -0.4 is 9.04 Å². The number of anilines is 1. The van der Waals surface area contributed by atoms with Crippen LogP contribution in [-0.4, -0.2) is 43.3 Å². The SMILES string of the molecule is CCOc1ccc(N([C@H](C)C(=O)N=Nc2c(O)[nH]c3ccccc23)S(C)(=O)=O)cc1. The summed E-state index contributed by atoms with van der Waals surface area (Å²) >= 11 is 0. The Morgan fingerprint density at radius 3 is 2.50 bits per heavy atom. The van der Waals surface area contributed by atoms with Gasteiger partial charge >= 0.3 is 0 Å². The van der Waals surface area contributed by atoms with E-state index < -0.39 is 22.0 Å². The maximum atomic E-state index is 12.6. The van der Waals surface area contributed by atoms with Crippen molar-refractivity contribution >= 4 is 38.2 Å². The first kappa shape index (κ1) is 21.3. The summed E-state index contributed by atoms with van der Waals surface area (Å²) in [6, 6.07) is 12.2. The number of aromatic nitrogens is 1. The first-order chi connectivity index (χ1) is 14.2. The van der Waals surface area contributed by atoms with Gasteiger partial charge in [-0.05, 0) is 44.2 Å². The minimum atomic E-state index is -3.79. The van der Waals surface area contributed by atoms with E-state index in [4.69, 9.17) is 4.74 Å². The largest absolute Gasteiger partial charge is 0.494 e. The zero-order valence-electron chi connectivity index (χ0n) is 16.7. The molecule has 0 saturated heterocycles. The fourth-order valence-corrected chi connectivity index (χ4v) is 4.22. The fraction of sp³-hybridized carbons (Fsp3) is 0.250. The number of nitrogens with one attached hydrogen (secondary N) is 1. The van der Waals surface area contributed by atoms with E-state index in [1.54, 1.807) is 48.5 Å². The molecule has 0 fully saturated rings. The Bertz CT molecular complexity index is 1190. The molecule has 0 aliphatic heterocycles. The number of nitrogens with zero attached hydrogens (tertiary/aromatic N) is 3. The second-order valence-corrected chi connectivity index (χ2v) is 8.43. The van der Waals surface area contributed by atoms with E-state index in [2.05, 4.69) is 15.2 Å². The van der Waals surface area contributed by atoms with E-state index in [9.17, 15) is 18.3 Å². The number of benzene rings is 2. The number of hydrogen-bond donors (Lipinski definition) is 2. The Hall–Kier alpha value is -3.40. The van der Waals surface area contributed by atoms with E-state index in [0.717, 1.165) is 10.6 Å². The third-order valence-corrected chi connectivity index (χ3v) is 5.62. The zero-order chi connectivity index (χ0) is 21.9. The molecule has 2 aromatic carbocycles. The molecular weight excluding hydrogens is 408 g/mol. The van der Waals surface area contributed by atoms with Crippen molar-refractivity contribution in [2.75, 3.05) is 17.2 Å². The van der Waals surface area contributed by atoms with E-state index in [-0.39, 0.29) is 11.6 Å². The number of aromatic hydroxyl groups is 1. The minimum Gasteiger partial charge on any atom is -0.494 e. The van der Waals surface area contributed by atoms with Gasteiger partial charge in [0.25, 0.3) is 5.91 Å². The summed E-state index contributed by atoms with van der Waals surface area (Å²) in [5.41, 5.74) is 1.04. The Morgan fingerprint density at radius 1 is 1.20 bits per heavy atom. The Balaban J connectivity index is 1.89. The normalized spacial score (nSPS) is 12.9. The molecular formula is C20H22N4O5S. The lowest BCUT2D eigenvalue weighted by Gasteiger charge is -2.26. The quantitative estimate of drug-likeness (QED) is 0.553. The standard InChI is InChI=1S/C20H22N4O5S/c1-4-29-15-11-9-14(10-12-15)24(30(3,27)28)13(2)19(25)23-22-18-16-7-5-6-8-17(16)21-20(18)26/h5-13,21,26H,4H2,1-3H3/t13-/m1/s1. The van der Waals surface area contributed by atoms with Gasteiger partial charge in [-0.15, -0.1) is 10.2 Å². The lowest BCUT2D eigenvalue weighted by molar-refractivity contribution is -0.119. The first-order valence-corrected chi connectivity index (χ1v) is 11.0. The van der Waals surface area contributed by atoms with Gasteiger partial charge < -0.3 is 14.8 Å². The molecule has 0 spiro atoms. The smallest absolute Gasteiger partial charge is 0.287 e. The Labute approximate surface area is 174 Å². The van der Waals surface area contributed by atoms with Crippen LogP contribution in [-0.2, 0) is 14.8 Å². The molecule has 0 saturated carbocycles. The van der Waals surface area contributed by atoms with Gasteiger partial charge in [-0.2, -0.15) is 0 Å². The van der Waals surface area contributed by atoms with Crippen LogP contribution in [0.15, 0.2) is 58.8 Å². The molecule has 0 aliphatic rings. The predicted molar refractivity (Wildman–Crippen MR) is 114 cm³/mol. The fourth-order valence-electron chi connectivity index (χ4n) is 3.06. The molecule has 0 aliphatic carbocycles. The summed E-state index contributed by atoms with van der Waals surface area (Å²) in [5.74, 6) is -0.422. The molecule has 30 heavy (non-hydrogen) atoms. The third-order valence-electron chi connectivity index (χ3n) is 4.38. The summed E-state index contributed by atoms with van der Waals surface area (Å²) in [5, 5.41) is 18.1. The van der Waals surface area contributed by atoms with Gasteiger partial charge in [0.2, 0.25) is 15.9 Å². The van der Waals surface area contributed by atoms with Gasteiger partial charge in [-0.1, -0.05) is 18.2 Å². The number of azo groups is 1. The van der Waals surface area contributed by atoms with Crippen molar-refractivity contribution in [3.63, 3.8) is 0 Å². The number of H-pyrrole nitrogens is 1. The number of rotatable bonds is 7. The van der Waals surface area contributed by atoms with Gasteiger partial charge in [0, 0.05) is 5.39 Å². The Morgan fingerprint density at radius 2 is 1.87 bits per heavy atom. The molecule has 3 aromatic rings. The molecule has 1 aromatic heterocycles. The topological polar surface area (TPSA) is 124 Å². The number of aromatic amines is 1. The predicted octanol–water partition coefficient (Wildman–Crippen LogP) is 3.74. The molecule has 0 bridgehead atoms. The molecule has 0 radical (unpaired) electrons. The number of carbonyl (C=O) groups excluding carboxylic acids is 1. The van der Waals surface area contributed by atoms with Crippen molar-refractivity contribution in [3.05, 3.63) is 48.5 Å². The van der Waals surface area contributed by atoms with Crippen LogP contribution in [0.5, 0.6) is 11.6 Å². The van der Waals surface area contributed by atoms with Crippen LogP contribution in [0.4, 0.5) is 11.4 Å². The average Bonchev–Trinajstić information content (AvgIpc) is 3.01. The first-order valence-electron chi connectivity index (χ1n) is 9.20.